The minimum Gasteiger partial charge on any atom is -0.316 e. The zero-order chi connectivity index (χ0) is 13.9. The van der Waals surface area contributed by atoms with Gasteiger partial charge in [0.1, 0.15) is 5.82 Å². The molecule has 3 rings (SSSR count). The normalized spacial score (nSPS) is 10.5. The predicted molar refractivity (Wildman–Crippen MR) is 84.5 cm³/mol. The van der Waals surface area contributed by atoms with Crippen molar-refractivity contribution >= 4 is 22.3 Å². The molecule has 0 aliphatic carbocycles. The Hall–Kier alpha value is -2.20. The van der Waals surface area contributed by atoms with Crippen LogP contribution in [0, 0.1) is 13.8 Å². The van der Waals surface area contributed by atoms with Crippen LogP contribution in [0.25, 0.3) is 11.3 Å². The molecule has 0 unspecified atom stereocenters. The predicted octanol–water partition coefficient (Wildman–Crippen LogP) is 4.57. The van der Waals surface area contributed by atoms with E-state index < -0.39 is 0 Å². The minimum atomic E-state index is 0.813. The third-order valence-electron chi connectivity index (χ3n) is 3.21. The molecule has 0 spiro atoms. The average Bonchev–Trinajstić information content (AvgIpc) is 2.91. The summed E-state index contributed by atoms with van der Waals surface area (Å²) in [6, 6.07) is 12.2. The maximum Gasteiger partial charge on any atom is 0.188 e. The molecule has 2 aromatic heterocycles. The van der Waals surface area contributed by atoms with Crippen LogP contribution in [0.4, 0.5) is 10.9 Å². The average molecular weight is 281 g/mol. The molecule has 3 aromatic rings. The van der Waals surface area contributed by atoms with Gasteiger partial charge in [-0.1, -0.05) is 18.2 Å². The summed E-state index contributed by atoms with van der Waals surface area (Å²) in [5, 5.41) is 6.14. The van der Waals surface area contributed by atoms with Gasteiger partial charge in [0.2, 0.25) is 0 Å². The van der Waals surface area contributed by atoms with Crippen LogP contribution in [0.1, 0.15) is 11.1 Å². The van der Waals surface area contributed by atoms with Gasteiger partial charge in [0.05, 0.1) is 5.69 Å². The molecule has 0 aliphatic heterocycles. The van der Waals surface area contributed by atoms with E-state index in [0.717, 1.165) is 22.2 Å². The van der Waals surface area contributed by atoms with Crippen LogP contribution >= 0.6 is 11.3 Å². The molecule has 0 aliphatic rings. The van der Waals surface area contributed by atoms with Gasteiger partial charge < -0.3 is 5.32 Å². The fourth-order valence-corrected chi connectivity index (χ4v) is 2.64. The standard InChI is InChI=1S/C16H15N3S/c1-11-6-7-13(9-12(11)2)14-10-20-16(18-14)19-15-5-3-4-8-17-15/h3-10H,1-2H3,(H,17,18,19). The molecule has 1 N–H and O–H groups in total. The molecule has 0 atom stereocenters. The van der Waals surface area contributed by atoms with Crippen molar-refractivity contribution in [3.63, 3.8) is 0 Å². The molecule has 3 nitrogen and oxygen atoms in total. The van der Waals surface area contributed by atoms with Gasteiger partial charge in [0.15, 0.2) is 5.13 Å². The number of aromatic nitrogens is 2. The number of hydrogen-bond acceptors (Lipinski definition) is 4. The fraction of sp³-hybridized carbons (Fsp3) is 0.125. The van der Waals surface area contributed by atoms with Crippen molar-refractivity contribution in [1.82, 2.24) is 9.97 Å². The molecule has 100 valence electrons. The molecule has 0 radical (unpaired) electrons. The highest BCUT2D eigenvalue weighted by Gasteiger charge is 2.06. The Labute approximate surface area is 122 Å². The number of anilines is 2. The number of rotatable bonds is 3. The van der Waals surface area contributed by atoms with E-state index in [0.29, 0.717) is 0 Å². The fourth-order valence-electron chi connectivity index (χ4n) is 1.91. The van der Waals surface area contributed by atoms with Gasteiger partial charge in [-0.3, -0.25) is 0 Å². The van der Waals surface area contributed by atoms with Gasteiger partial charge in [0.25, 0.3) is 0 Å². The van der Waals surface area contributed by atoms with Gasteiger partial charge in [-0.05, 0) is 43.2 Å². The van der Waals surface area contributed by atoms with Crippen LogP contribution in [-0.4, -0.2) is 9.97 Å². The molecule has 2 heterocycles. The lowest BCUT2D eigenvalue weighted by Gasteiger charge is -2.02. The summed E-state index contributed by atoms with van der Waals surface area (Å²) in [4.78, 5) is 8.85. The number of thiazole rings is 1. The van der Waals surface area contributed by atoms with E-state index >= 15 is 0 Å². The summed E-state index contributed by atoms with van der Waals surface area (Å²) in [5.74, 6) is 0.813. The monoisotopic (exact) mass is 281 g/mol. The first-order chi connectivity index (χ1) is 9.72. The number of nitrogens with zero attached hydrogens (tertiary/aromatic N) is 2. The third-order valence-corrected chi connectivity index (χ3v) is 3.96. The lowest BCUT2D eigenvalue weighted by Crippen LogP contribution is -1.91. The second-order valence-electron chi connectivity index (χ2n) is 4.68. The summed E-state index contributed by atoms with van der Waals surface area (Å²) < 4.78 is 0. The van der Waals surface area contributed by atoms with Gasteiger partial charge in [-0.15, -0.1) is 11.3 Å². The maximum atomic E-state index is 4.61. The minimum absolute atomic E-state index is 0.813. The molecule has 0 saturated heterocycles. The Morgan fingerprint density at radius 2 is 1.95 bits per heavy atom. The number of benzene rings is 1. The summed E-state index contributed by atoms with van der Waals surface area (Å²) in [6.45, 7) is 4.24. The molecule has 20 heavy (non-hydrogen) atoms. The van der Waals surface area contributed by atoms with Crippen molar-refractivity contribution < 1.29 is 0 Å². The van der Waals surface area contributed by atoms with Crippen LogP contribution in [0.5, 0.6) is 0 Å². The molecule has 4 heteroatoms. The van der Waals surface area contributed by atoms with Crippen LogP contribution < -0.4 is 5.32 Å². The second-order valence-corrected chi connectivity index (χ2v) is 5.54. The van der Waals surface area contributed by atoms with E-state index in [1.807, 2.05) is 18.2 Å². The van der Waals surface area contributed by atoms with Crippen LogP contribution in [0.3, 0.4) is 0 Å². The molecule has 0 bridgehead atoms. The van der Waals surface area contributed by atoms with Crippen LogP contribution in [0.2, 0.25) is 0 Å². The van der Waals surface area contributed by atoms with Gasteiger partial charge in [0, 0.05) is 17.1 Å². The van der Waals surface area contributed by atoms with Gasteiger partial charge in [-0.2, -0.15) is 0 Å². The molecule has 0 fully saturated rings. The highest BCUT2D eigenvalue weighted by atomic mass is 32.1. The summed E-state index contributed by atoms with van der Waals surface area (Å²) in [7, 11) is 0. The Morgan fingerprint density at radius 3 is 2.70 bits per heavy atom. The lowest BCUT2D eigenvalue weighted by atomic mass is 10.1. The first kappa shape index (κ1) is 12.8. The number of pyridine rings is 1. The van der Waals surface area contributed by atoms with E-state index in [1.165, 1.54) is 11.1 Å². The van der Waals surface area contributed by atoms with Crippen LogP contribution in [-0.2, 0) is 0 Å². The van der Waals surface area contributed by atoms with Crippen molar-refractivity contribution in [3.05, 3.63) is 59.1 Å². The molecular weight excluding hydrogens is 266 g/mol. The first-order valence-electron chi connectivity index (χ1n) is 6.43. The summed E-state index contributed by atoms with van der Waals surface area (Å²) >= 11 is 1.59. The van der Waals surface area contributed by atoms with Crippen molar-refractivity contribution in [2.24, 2.45) is 0 Å². The van der Waals surface area contributed by atoms with Gasteiger partial charge in [-0.25, -0.2) is 9.97 Å². The smallest absolute Gasteiger partial charge is 0.188 e. The summed E-state index contributed by atoms with van der Waals surface area (Å²) in [6.07, 6.45) is 1.76. The number of aryl methyl sites for hydroxylation is 2. The highest BCUT2D eigenvalue weighted by Crippen LogP contribution is 2.27. The zero-order valence-corrected chi connectivity index (χ0v) is 12.2. The quantitative estimate of drug-likeness (QED) is 0.764. The largest absolute Gasteiger partial charge is 0.316 e. The van der Waals surface area contributed by atoms with Crippen molar-refractivity contribution in [3.8, 4) is 11.3 Å². The Bertz CT molecular complexity index is 720. The number of nitrogens with one attached hydrogen (secondary N) is 1. The van der Waals surface area contributed by atoms with E-state index in [9.17, 15) is 0 Å². The van der Waals surface area contributed by atoms with Crippen molar-refractivity contribution in [2.45, 2.75) is 13.8 Å². The van der Waals surface area contributed by atoms with Gasteiger partial charge >= 0.3 is 0 Å². The first-order valence-corrected chi connectivity index (χ1v) is 7.31. The number of hydrogen-bond donors (Lipinski definition) is 1. The molecule has 0 saturated carbocycles. The van der Waals surface area contributed by atoms with E-state index in [1.54, 1.807) is 17.5 Å². The highest BCUT2D eigenvalue weighted by molar-refractivity contribution is 7.14. The topological polar surface area (TPSA) is 37.8 Å². The van der Waals surface area contributed by atoms with Crippen molar-refractivity contribution in [2.75, 3.05) is 5.32 Å². The maximum absolute atomic E-state index is 4.61. The zero-order valence-electron chi connectivity index (χ0n) is 11.4. The Morgan fingerprint density at radius 1 is 1.05 bits per heavy atom. The molecule has 0 amide bonds. The SMILES string of the molecule is Cc1ccc(-c2csc(Nc3ccccn3)n2)cc1C. The third kappa shape index (κ3) is 2.70. The Balaban J connectivity index is 1.84. The van der Waals surface area contributed by atoms with E-state index in [4.69, 9.17) is 0 Å². The van der Waals surface area contributed by atoms with Crippen LogP contribution in [0.15, 0.2) is 48.0 Å². The lowest BCUT2D eigenvalue weighted by molar-refractivity contribution is 1.28. The van der Waals surface area contributed by atoms with E-state index in [2.05, 4.69) is 52.7 Å². The van der Waals surface area contributed by atoms with E-state index in [-0.39, 0.29) is 0 Å². The Kier molecular flexibility index (Phi) is 3.48. The molecular formula is C16H15N3S. The van der Waals surface area contributed by atoms with Crippen molar-refractivity contribution in [1.29, 1.82) is 0 Å². The summed E-state index contributed by atoms with van der Waals surface area (Å²) in [5.41, 5.74) is 4.74. The molecule has 1 aromatic carbocycles. The second kappa shape index (κ2) is 5.43.